The fourth-order valence-electron chi connectivity index (χ4n) is 2.03. The number of rotatable bonds is 6. The summed E-state index contributed by atoms with van der Waals surface area (Å²) in [6.07, 6.45) is 3.85. The van der Waals surface area contributed by atoms with E-state index in [0.29, 0.717) is 12.3 Å². The number of hydrogen-bond acceptors (Lipinski definition) is 4. The van der Waals surface area contributed by atoms with Crippen LogP contribution in [-0.2, 0) is 13.0 Å². The van der Waals surface area contributed by atoms with Gasteiger partial charge in [0.05, 0.1) is 6.54 Å². The molecule has 0 aliphatic rings. The number of phenols is 1. The zero-order chi connectivity index (χ0) is 15.8. The second kappa shape index (κ2) is 10.4. The molecule has 0 unspecified atom stereocenters. The van der Waals surface area contributed by atoms with Gasteiger partial charge in [-0.25, -0.2) is 4.98 Å². The van der Waals surface area contributed by atoms with Crippen molar-refractivity contribution in [1.82, 2.24) is 15.6 Å². The number of benzene rings is 1. The highest BCUT2D eigenvalue weighted by Crippen LogP contribution is 2.11. The standard InChI is InChI=1S/C16H22N4OS.HI/c1-12-10-19-15(22-12)11-20-16(17-2)18-9-3-4-13-5-7-14(21)8-6-13;/h5-8,10,21H,3-4,9,11H2,1-2H3,(H2,17,18,20);1H. The van der Waals surface area contributed by atoms with Crippen molar-refractivity contribution in [2.75, 3.05) is 13.6 Å². The predicted octanol–water partition coefficient (Wildman–Crippen LogP) is 3.07. The lowest BCUT2D eigenvalue weighted by molar-refractivity contribution is 0.475. The van der Waals surface area contributed by atoms with Crippen molar-refractivity contribution in [1.29, 1.82) is 0 Å². The Morgan fingerprint density at radius 1 is 1.26 bits per heavy atom. The number of nitrogens with one attached hydrogen (secondary N) is 2. The normalized spacial score (nSPS) is 11.0. The Labute approximate surface area is 158 Å². The van der Waals surface area contributed by atoms with E-state index in [4.69, 9.17) is 0 Å². The number of thiazole rings is 1. The summed E-state index contributed by atoms with van der Waals surface area (Å²) in [5.41, 5.74) is 1.22. The molecule has 23 heavy (non-hydrogen) atoms. The van der Waals surface area contributed by atoms with Crippen LogP contribution in [0, 0.1) is 6.92 Å². The maximum absolute atomic E-state index is 9.25. The maximum Gasteiger partial charge on any atom is 0.191 e. The molecule has 2 aromatic rings. The first kappa shape index (κ1) is 19.7. The molecule has 0 saturated heterocycles. The molecule has 3 N–H and O–H groups in total. The van der Waals surface area contributed by atoms with Crippen LogP contribution in [-0.4, -0.2) is 29.6 Å². The highest BCUT2D eigenvalue weighted by Gasteiger charge is 2.01. The molecule has 5 nitrogen and oxygen atoms in total. The van der Waals surface area contributed by atoms with E-state index in [1.165, 1.54) is 10.4 Å². The Bertz CT molecular complexity index is 613. The molecule has 0 aliphatic heterocycles. The molecular weight excluding hydrogens is 423 g/mol. The Balaban J connectivity index is 0.00000264. The molecule has 1 aromatic carbocycles. The first-order chi connectivity index (χ1) is 10.7. The third kappa shape index (κ3) is 7.17. The van der Waals surface area contributed by atoms with Crippen LogP contribution in [0.5, 0.6) is 5.75 Å². The summed E-state index contributed by atoms with van der Waals surface area (Å²) in [7, 11) is 1.77. The van der Waals surface area contributed by atoms with Crippen LogP contribution in [0.2, 0.25) is 0 Å². The van der Waals surface area contributed by atoms with Gasteiger partial charge in [-0.1, -0.05) is 12.1 Å². The lowest BCUT2D eigenvalue weighted by Crippen LogP contribution is -2.37. The number of halogens is 1. The molecule has 0 atom stereocenters. The first-order valence-electron chi connectivity index (χ1n) is 7.31. The second-order valence-corrected chi connectivity index (χ2v) is 6.31. The lowest BCUT2D eigenvalue weighted by atomic mass is 10.1. The van der Waals surface area contributed by atoms with E-state index >= 15 is 0 Å². The SMILES string of the molecule is CN=C(NCCCc1ccc(O)cc1)NCc1ncc(C)s1.I. The second-order valence-electron chi connectivity index (χ2n) is 4.99. The first-order valence-corrected chi connectivity index (χ1v) is 8.13. The van der Waals surface area contributed by atoms with Crippen LogP contribution in [0.15, 0.2) is 35.5 Å². The minimum atomic E-state index is 0. The molecule has 7 heteroatoms. The van der Waals surface area contributed by atoms with Gasteiger partial charge in [-0.15, -0.1) is 35.3 Å². The van der Waals surface area contributed by atoms with Crippen LogP contribution in [0.3, 0.4) is 0 Å². The van der Waals surface area contributed by atoms with Crippen LogP contribution in [0.25, 0.3) is 0 Å². The molecule has 2 rings (SSSR count). The van der Waals surface area contributed by atoms with Crippen molar-refractivity contribution in [2.24, 2.45) is 4.99 Å². The zero-order valence-corrected chi connectivity index (χ0v) is 16.5. The highest BCUT2D eigenvalue weighted by molar-refractivity contribution is 14.0. The van der Waals surface area contributed by atoms with E-state index in [2.05, 4.69) is 27.5 Å². The van der Waals surface area contributed by atoms with E-state index in [1.807, 2.05) is 18.3 Å². The number of aryl methyl sites for hydroxylation is 2. The Morgan fingerprint density at radius 3 is 2.61 bits per heavy atom. The van der Waals surface area contributed by atoms with Crippen molar-refractivity contribution in [3.63, 3.8) is 0 Å². The van der Waals surface area contributed by atoms with E-state index < -0.39 is 0 Å². The van der Waals surface area contributed by atoms with Gasteiger partial charge < -0.3 is 15.7 Å². The van der Waals surface area contributed by atoms with Gasteiger partial charge in [-0.3, -0.25) is 4.99 Å². The van der Waals surface area contributed by atoms with Gasteiger partial charge in [0, 0.05) is 24.7 Å². The number of aromatic hydroxyl groups is 1. The summed E-state index contributed by atoms with van der Waals surface area (Å²) < 4.78 is 0. The number of aliphatic imine (C=N–C) groups is 1. The Hall–Kier alpha value is -1.35. The van der Waals surface area contributed by atoms with Gasteiger partial charge in [-0.2, -0.15) is 0 Å². The summed E-state index contributed by atoms with van der Waals surface area (Å²) in [5, 5.41) is 16.9. The molecule has 1 heterocycles. The third-order valence-corrected chi connectivity index (χ3v) is 4.08. The maximum atomic E-state index is 9.25. The van der Waals surface area contributed by atoms with Crippen molar-refractivity contribution >= 4 is 41.3 Å². The fraction of sp³-hybridized carbons (Fsp3) is 0.375. The van der Waals surface area contributed by atoms with E-state index in [-0.39, 0.29) is 24.0 Å². The van der Waals surface area contributed by atoms with Gasteiger partial charge in [0.25, 0.3) is 0 Å². The number of phenolic OH excluding ortho intramolecular Hbond substituents is 1. The fourth-order valence-corrected chi connectivity index (χ4v) is 2.75. The lowest BCUT2D eigenvalue weighted by Gasteiger charge is -2.10. The monoisotopic (exact) mass is 446 g/mol. The minimum Gasteiger partial charge on any atom is -0.508 e. The average Bonchev–Trinajstić information content (AvgIpc) is 2.94. The van der Waals surface area contributed by atoms with Crippen LogP contribution in [0.4, 0.5) is 0 Å². The van der Waals surface area contributed by atoms with Gasteiger partial charge in [0.1, 0.15) is 10.8 Å². The van der Waals surface area contributed by atoms with Crippen molar-refractivity contribution in [3.05, 3.63) is 45.9 Å². The number of hydrogen-bond donors (Lipinski definition) is 3. The van der Waals surface area contributed by atoms with Gasteiger partial charge >= 0.3 is 0 Å². The molecule has 1 aromatic heterocycles. The minimum absolute atomic E-state index is 0. The van der Waals surface area contributed by atoms with Crippen LogP contribution in [0.1, 0.15) is 21.9 Å². The molecule has 0 bridgehead atoms. The molecule has 0 aliphatic carbocycles. The summed E-state index contributed by atoms with van der Waals surface area (Å²) in [4.78, 5) is 9.74. The van der Waals surface area contributed by atoms with E-state index in [9.17, 15) is 5.11 Å². The third-order valence-electron chi connectivity index (χ3n) is 3.17. The van der Waals surface area contributed by atoms with E-state index in [0.717, 1.165) is 30.4 Å². The molecule has 0 amide bonds. The van der Waals surface area contributed by atoms with Crippen molar-refractivity contribution < 1.29 is 5.11 Å². The average molecular weight is 446 g/mol. The molecule has 0 spiro atoms. The Kier molecular flexibility index (Phi) is 8.93. The highest BCUT2D eigenvalue weighted by atomic mass is 127. The van der Waals surface area contributed by atoms with Crippen LogP contribution >= 0.6 is 35.3 Å². The van der Waals surface area contributed by atoms with Gasteiger partial charge in [-0.05, 0) is 37.5 Å². The largest absolute Gasteiger partial charge is 0.508 e. The summed E-state index contributed by atoms with van der Waals surface area (Å²) in [6.45, 7) is 3.59. The smallest absolute Gasteiger partial charge is 0.191 e. The summed E-state index contributed by atoms with van der Waals surface area (Å²) >= 11 is 1.69. The molecule has 0 radical (unpaired) electrons. The number of aromatic nitrogens is 1. The Morgan fingerprint density at radius 2 is 2.00 bits per heavy atom. The number of nitrogens with zero attached hydrogens (tertiary/aromatic N) is 2. The molecule has 126 valence electrons. The molecular formula is C16H23IN4OS. The van der Waals surface area contributed by atoms with Crippen molar-refractivity contribution in [3.8, 4) is 5.75 Å². The summed E-state index contributed by atoms with van der Waals surface area (Å²) in [6, 6.07) is 7.35. The zero-order valence-electron chi connectivity index (χ0n) is 13.4. The molecule has 0 saturated carbocycles. The van der Waals surface area contributed by atoms with Gasteiger partial charge in [0.15, 0.2) is 5.96 Å². The quantitative estimate of drug-likeness (QED) is 0.276. The van der Waals surface area contributed by atoms with Gasteiger partial charge in [0.2, 0.25) is 0 Å². The van der Waals surface area contributed by atoms with Crippen molar-refractivity contribution in [2.45, 2.75) is 26.3 Å². The number of guanidine groups is 1. The molecule has 0 fully saturated rings. The summed E-state index contributed by atoms with van der Waals surface area (Å²) in [5.74, 6) is 1.10. The van der Waals surface area contributed by atoms with Crippen LogP contribution < -0.4 is 10.6 Å². The topological polar surface area (TPSA) is 69.5 Å². The predicted molar refractivity (Wildman–Crippen MR) is 107 cm³/mol. The van der Waals surface area contributed by atoms with E-state index in [1.54, 1.807) is 30.5 Å².